The molecule has 0 aliphatic carbocycles. The van der Waals surface area contributed by atoms with Crippen molar-refractivity contribution in [1.82, 2.24) is 4.98 Å². The van der Waals surface area contributed by atoms with Crippen molar-refractivity contribution < 1.29 is 14.8 Å². The Morgan fingerprint density at radius 3 is 2.93 bits per heavy atom. The summed E-state index contributed by atoms with van der Waals surface area (Å²) >= 11 is 1.12. The lowest BCUT2D eigenvalue weighted by molar-refractivity contribution is -0.388. The molecular weight excluding hydrogens is 220 g/mol. The van der Waals surface area contributed by atoms with Gasteiger partial charge in [0.1, 0.15) is 0 Å². The zero-order chi connectivity index (χ0) is 11.3. The van der Waals surface area contributed by atoms with E-state index in [2.05, 4.69) is 4.98 Å². The molecule has 1 aromatic rings. The Labute approximate surface area is 90.4 Å². The van der Waals surface area contributed by atoms with Crippen LogP contribution >= 0.6 is 11.8 Å². The van der Waals surface area contributed by atoms with E-state index < -0.39 is 4.92 Å². The zero-order valence-electron chi connectivity index (χ0n) is 8.04. The molecule has 1 heterocycles. The molecule has 0 atom stereocenters. The Balaban J connectivity index is 2.99. The lowest BCUT2D eigenvalue weighted by Gasteiger charge is -2.03. The van der Waals surface area contributed by atoms with E-state index in [4.69, 9.17) is 9.84 Å². The average molecular weight is 230 g/mol. The first-order valence-corrected chi connectivity index (χ1v) is 5.10. The molecule has 0 unspecified atom stereocenters. The van der Waals surface area contributed by atoms with Crippen LogP contribution in [0.5, 0.6) is 5.88 Å². The average Bonchev–Trinajstić information content (AvgIpc) is 2.25. The van der Waals surface area contributed by atoms with Gasteiger partial charge in [-0.2, -0.15) is 4.98 Å². The fraction of sp³-hybridized carbons (Fsp3) is 0.375. The van der Waals surface area contributed by atoms with Crippen molar-refractivity contribution in [3.8, 4) is 5.88 Å². The summed E-state index contributed by atoms with van der Waals surface area (Å²) in [7, 11) is 1.44. The van der Waals surface area contributed by atoms with E-state index >= 15 is 0 Å². The maximum atomic E-state index is 10.6. The first-order valence-electron chi connectivity index (χ1n) is 4.12. The Kier molecular flexibility index (Phi) is 4.32. The number of nitro groups is 1. The molecule has 0 saturated carbocycles. The maximum Gasteiger partial charge on any atom is 0.301 e. The Bertz CT molecular complexity index is 358. The third kappa shape index (κ3) is 3.07. The highest BCUT2D eigenvalue weighted by Crippen LogP contribution is 2.28. The second-order valence-electron chi connectivity index (χ2n) is 2.51. The van der Waals surface area contributed by atoms with Crippen molar-refractivity contribution in [3.63, 3.8) is 0 Å². The molecule has 7 heteroatoms. The molecule has 0 aromatic carbocycles. The van der Waals surface area contributed by atoms with E-state index in [0.717, 1.165) is 11.8 Å². The molecular formula is C8H10N2O4S. The predicted octanol–water partition coefficient (Wildman–Crippen LogP) is 1.08. The molecule has 0 radical (unpaired) electrons. The van der Waals surface area contributed by atoms with E-state index in [1.165, 1.54) is 19.2 Å². The smallest absolute Gasteiger partial charge is 0.301 e. The lowest BCUT2D eigenvalue weighted by Crippen LogP contribution is -1.97. The molecule has 1 rings (SSSR count). The first kappa shape index (κ1) is 11.7. The summed E-state index contributed by atoms with van der Waals surface area (Å²) in [4.78, 5) is 14.1. The summed E-state index contributed by atoms with van der Waals surface area (Å²) in [6.07, 6.45) is 0. The highest BCUT2D eigenvalue weighted by Gasteiger charge is 2.16. The number of aromatic nitrogens is 1. The molecule has 0 spiro atoms. The molecule has 82 valence electrons. The molecule has 0 fully saturated rings. The molecule has 0 aliphatic heterocycles. The van der Waals surface area contributed by atoms with Crippen LogP contribution in [-0.2, 0) is 0 Å². The number of ether oxygens (including phenoxy) is 1. The van der Waals surface area contributed by atoms with Gasteiger partial charge in [0.2, 0.25) is 5.88 Å². The number of methoxy groups -OCH3 is 1. The van der Waals surface area contributed by atoms with Crippen LogP contribution in [0.15, 0.2) is 17.2 Å². The third-order valence-electron chi connectivity index (χ3n) is 1.55. The van der Waals surface area contributed by atoms with Crippen molar-refractivity contribution in [2.24, 2.45) is 0 Å². The maximum absolute atomic E-state index is 10.6. The van der Waals surface area contributed by atoms with Gasteiger partial charge >= 0.3 is 5.69 Å². The fourth-order valence-corrected chi connectivity index (χ4v) is 1.65. The second kappa shape index (κ2) is 5.52. The zero-order valence-corrected chi connectivity index (χ0v) is 8.86. The lowest BCUT2D eigenvalue weighted by atomic mass is 10.4. The molecule has 1 aromatic heterocycles. The van der Waals surface area contributed by atoms with Crippen LogP contribution in [-0.4, -0.2) is 34.5 Å². The second-order valence-corrected chi connectivity index (χ2v) is 3.59. The summed E-state index contributed by atoms with van der Waals surface area (Å²) in [5, 5.41) is 19.5. The van der Waals surface area contributed by atoms with Crippen molar-refractivity contribution >= 4 is 17.4 Å². The number of nitrogens with zero attached hydrogens (tertiary/aromatic N) is 2. The van der Waals surface area contributed by atoms with Crippen LogP contribution in [0.3, 0.4) is 0 Å². The Hall–Kier alpha value is -1.34. The number of pyridine rings is 1. The van der Waals surface area contributed by atoms with Crippen LogP contribution in [0, 0.1) is 10.1 Å². The monoisotopic (exact) mass is 230 g/mol. The quantitative estimate of drug-likeness (QED) is 0.463. The summed E-state index contributed by atoms with van der Waals surface area (Å²) in [5.41, 5.74) is -0.0748. The topological polar surface area (TPSA) is 85.5 Å². The van der Waals surface area contributed by atoms with Gasteiger partial charge < -0.3 is 9.84 Å². The minimum Gasteiger partial charge on any atom is -0.481 e. The summed E-state index contributed by atoms with van der Waals surface area (Å²) in [5.74, 6) is 0.683. The van der Waals surface area contributed by atoms with Crippen LogP contribution in [0.4, 0.5) is 5.69 Å². The van der Waals surface area contributed by atoms with Gasteiger partial charge in [0.15, 0.2) is 5.03 Å². The molecule has 0 amide bonds. The highest BCUT2D eigenvalue weighted by atomic mass is 32.2. The van der Waals surface area contributed by atoms with Crippen molar-refractivity contribution in [2.45, 2.75) is 5.03 Å². The largest absolute Gasteiger partial charge is 0.481 e. The third-order valence-corrected chi connectivity index (χ3v) is 2.51. The standard InChI is InChI=1S/C8H10N2O4S/c1-14-7-3-2-6(10(12)13)8(9-7)15-5-4-11/h2-3,11H,4-5H2,1H3. The fourth-order valence-electron chi connectivity index (χ4n) is 0.917. The van der Waals surface area contributed by atoms with Gasteiger partial charge in [0, 0.05) is 17.9 Å². The van der Waals surface area contributed by atoms with Gasteiger partial charge in [-0.1, -0.05) is 11.8 Å². The van der Waals surface area contributed by atoms with E-state index in [-0.39, 0.29) is 17.3 Å². The number of rotatable bonds is 5. The molecule has 0 bridgehead atoms. The minimum absolute atomic E-state index is 0.0549. The van der Waals surface area contributed by atoms with Gasteiger partial charge in [0.05, 0.1) is 18.6 Å². The number of hydrogen-bond donors (Lipinski definition) is 1. The Morgan fingerprint density at radius 1 is 1.67 bits per heavy atom. The number of aliphatic hydroxyl groups excluding tert-OH is 1. The predicted molar refractivity (Wildman–Crippen MR) is 55.3 cm³/mol. The van der Waals surface area contributed by atoms with E-state index in [9.17, 15) is 10.1 Å². The number of aliphatic hydroxyl groups is 1. The molecule has 1 N–H and O–H groups in total. The van der Waals surface area contributed by atoms with Crippen LogP contribution in [0.1, 0.15) is 0 Å². The Morgan fingerprint density at radius 2 is 2.40 bits per heavy atom. The summed E-state index contributed by atoms with van der Waals surface area (Å²) < 4.78 is 4.86. The molecule has 0 saturated heterocycles. The van der Waals surface area contributed by atoms with Gasteiger partial charge in [-0.05, 0) is 0 Å². The molecule has 15 heavy (non-hydrogen) atoms. The highest BCUT2D eigenvalue weighted by molar-refractivity contribution is 7.99. The summed E-state index contributed by atoms with van der Waals surface area (Å²) in [6, 6.07) is 2.77. The molecule has 0 aliphatic rings. The van der Waals surface area contributed by atoms with Crippen molar-refractivity contribution in [2.75, 3.05) is 19.5 Å². The van der Waals surface area contributed by atoms with Crippen molar-refractivity contribution in [1.29, 1.82) is 0 Å². The normalized spacial score (nSPS) is 10.0. The van der Waals surface area contributed by atoms with Crippen LogP contribution in [0.2, 0.25) is 0 Å². The van der Waals surface area contributed by atoms with Crippen LogP contribution in [0.25, 0.3) is 0 Å². The van der Waals surface area contributed by atoms with Crippen molar-refractivity contribution in [3.05, 3.63) is 22.2 Å². The van der Waals surface area contributed by atoms with Gasteiger partial charge in [-0.3, -0.25) is 10.1 Å². The molecule has 6 nitrogen and oxygen atoms in total. The van der Waals surface area contributed by atoms with Gasteiger partial charge in [0.25, 0.3) is 0 Å². The number of hydrogen-bond acceptors (Lipinski definition) is 6. The first-order chi connectivity index (χ1) is 7.19. The van der Waals surface area contributed by atoms with Gasteiger partial charge in [-0.25, -0.2) is 0 Å². The minimum atomic E-state index is -0.508. The van der Waals surface area contributed by atoms with E-state index in [1.807, 2.05) is 0 Å². The van der Waals surface area contributed by atoms with E-state index in [0.29, 0.717) is 11.6 Å². The summed E-state index contributed by atoms with van der Waals surface area (Å²) in [6.45, 7) is -0.0549. The SMILES string of the molecule is COc1ccc([N+](=O)[O-])c(SCCO)n1. The number of thioether (sulfide) groups is 1. The van der Waals surface area contributed by atoms with E-state index in [1.54, 1.807) is 0 Å². The van der Waals surface area contributed by atoms with Gasteiger partial charge in [-0.15, -0.1) is 0 Å². The van der Waals surface area contributed by atoms with Crippen LogP contribution < -0.4 is 4.74 Å².